The lowest BCUT2D eigenvalue weighted by Crippen LogP contribution is -2.25. The molecule has 1 aromatic carbocycles. The van der Waals surface area contributed by atoms with Gasteiger partial charge in [0.25, 0.3) is 0 Å². The molecule has 0 amide bonds. The van der Waals surface area contributed by atoms with Gasteiger partial charge < -0.3 is 11.1 Å². The first-order valence-electron chi connectivity index (χ1n) is 4.36. The number of halogens is 1. The molecule has 0 aliphatic heterocycles. The molecule has 2 nitrogen and oxygen atoms in total. The second-order valence-corrected chi connectivity index (χ2v) is 3.25. The fraction of sp³-hybridized carbons (Fsp3) is 0.400. The van der Waals surface area contributed by atoms with E-state index < -0.39 is 0 Å². The molecule has 1 rings (SSSR count). The minimum absolute atomic E-state index is 0.175. The lowest BCUT2D eigenvalue weighted by molar-refractivity contribution is 0.618. The van der Waals surface area contributed by atoms with E-state index >= 15 is 0 Å². The predicted molar refractivity (Wildman–Crippen MR) is 53.3 cm³/mol. The Labute approximate surface area is 77.9 Å². The standard InChI is InChI=1S/C10H15FN2/c1-7-5-9(3-4-10(7)11)13-8(2)6-12/h3-5,8,13H,6,12H2,1-2H3. The zero-order chi connectivity index (χ0) is 9.84. The van der Waals surface area contributed by atoms with Gasteiger partial charge in [0.05, 0.1) is 0 Å². The van der Waals surface area contributed by atoms with Gasteiger partial charge in [0.2, 0.25) is 0 Å². The summed E-state index contributed by atoms with van der Waals surface area (Å²) >= 11 is 0. The Balaban J connectivity index is 2.73. The van der Waals surface area contributed by atoms with Gasteiger partial charge in [-0.2, -0.15) is 0 Å². The van der Waals surface area contributed by atoms with Crippen molar-refractivity contribution in [3.8, 4) is 0 Å². The fourth-order valence-electron chi connectivity index (χ4n) is 1.08. The molecule has 0 aromatic heterocycles. The summed E-state index contributed by atoms with van der Waals surface area (Å²) in [5, 5.41) is 3.17. The molecule has 0 aliphatic rings. The van der Waals surface area contributed by atoms with Crippen LogP contribution in [-0.4, -0.2) is 12.6 Å². The maximum Gasteiger partial charge on any atom is 0.126 e. The van der Waals surface area contributed by atoms with E-state index in [2.05, 4.69) is 5.32 Å². The van der Waals surface area contributed by atoms with Gasteiger partial charge in [-0.15, -0.1) is 0 Å². The van der Waals surface area contributed by atoms with Gasteiger partial charge in [-0.1, -0.05) is 0 Å². The number of aryl methyl sites for hydroxylation is 1. The van der Waals surface area contributed by atoms with Crippen LogP contribution in [0.3, 0.4) is 0 Å². The van der Waals surface area contributed by atoms with Crippen LogP contribution in [0, 0.1) is 12.7 Å². The number of hydrogen-bond donors (Lipinski definition) is 2. The van der Waals surface area contributed by atoms with Crippen molar-refractivity contribution in [2.45, 2.75) is 19.9 Å². The van der Waals surface area contributed by atoms with E-state index in [4.69, 9.17) is 5.73 Å². The first kappa shape index (κ1) is 9.99. The molecular formula is C10H15FN2. The van der Waals surface area contributed by atoms with E-state index in [9.17, 15) is 4.39 Å². The van der Waals surface area contributed by atoms with Crippen molar-refractivity contribution in [3.05, 3.63) is 29.6 Å². The highest BCUT2D eigenvalue weighted by molar-refractivity contribution is 5.46. The van der Waals surface area contributed by atoms with Crippen LogP contribution in [0.5, 0.6) is 0 Å². The highest BCUT2D eigenvalue weighted by Gasteiger charge is 2.01. The number of benzene rings is 1. The second-order valence-electron chi connectivity index (χ2n) is 3.25. The van der Waals surface area contributed by atoms with Crippen molar-refractivity contribution in [3.63, 3.8) is 0 Å². The lowest BCUT2D eigenvalue weighted by atomic mass is 10.2. The minimum Gasteiger partial charge on any atom is -0.381 e. The van der Waals surface area contributed by atoms with Crippen LogP contribution < -0.4 is 11.1 Å². The number of hydrogen-bond acceptors (Lipinski definition) is 2. The summed E-state index contributed by atoms with van der Waals surface area (Å²) < 4.78 is 12.9. The SMILES string of the molecule is Cc1cc(NC(C)CN)ccc1F. The van der Waals surface area contributed by atoms with Gasteiger partial charge >= 0.3 is 0 Å². The normalized spacial score (nSPS) is 12.6. The maximum absolute atomic E-state index is 12.9. The first-order valence-corrected chi connectivity index (χ1v) is 4.36. The summed E-state index contributed by atoms with van der Waals surface area (Å²) in [4.78, 5) is 0. The number of rotatable bonds is 3. The Kier molecular flexibility index (Phi) is 3.25. The summed E-state index contributed by atoms with van der Waals surface area (Å²) in [5.41, 5.74) is 7.01. The van der Waals surface area contributed by atoms with Crippen molar-refractivity contribution >= 4 is 5.69 Å². The molecule has 1 aromatic rings. The molecule has 0 spiro atoms. The monoisotopic (exact) mass is 182 g/mol. The van der Waals surface area contributed by atoms with Crippen LogP contribution in [-0.2, 0) is 0 Å². The smallest absolute Gasteiger partial charge is 0.126 e. The van der Waals surface area contributed by atoms with E-state index in [1.807, 2.05) is 6.92 Å². The molecule has 0 fully saturated rings. The third kappa shape index (κ3) is 2.70. The van der Waals surface area contributed by atoms with Crippen molar-refractivity contribution in [2.75, 3.05) is 11.9 Å². The van der Waals surface area contributed by atoms with Crippen molar-refractivity contribution in [1.29, 1.82) is 0 Å². The molecule has 0 aliphatic carbocycles. The van der Waals surface area contributed by atoms with E-state index in [0.717, 1.165) is 5.69 Å². The zero-order valence-electron chi connectivity index (χ0n) is 7.97. The predicted octanol–water partition coefficient (Wildman–Crippen LogP) is 1.89. The van der Waals surface area contributed by atoms with Gasteiger partial charge in [-0.3, -0.25) is 0 Å². The van der Waals surface area contributed by atoms with E-state index in [1.54, 1.807) is 19.1 Å². The summed E-state index contributed by atoms with van der Waals surface area (Å²) in [6.45, 7) is 4.29. The lowest BCUT2D eigenvalue weighted by Gasteiger charge is -2.13. The number of nitrogens with one attached hydrogen (secondary N) is 1. The third-order valence-corrected chi connectivity index (χ3v) is 1.92. The first-order chi connectivity index (χ1) is 6.13. The van der Waals surface area contributed by atoms with Crippen molar-refractivity contribution in [1.82, 2.24) is 0 Å². The van der Waals surface area contributed by atoms with E-state index in [-0.39, 0.29) is 11.9 Å². The molecule has 3 heteroatoms. The molecule has 1 atom stereocenters. The van der Waals surface area contributed by atoms with Crippen molar-refractivity contribution < 1.29 is 4.39 Å². The summed E-state index contributed by atoms with van der Waals surface area (Å²) in [6.07, 6.45) is 0. The highest BCUT2D eigenvalue weighted by atomic mass is 19.1. The Morgan fingerprint density at radius 3 is 2.77 bits per heavy atom. The molecule has 0 saturated carbocycles. The minimum atomic E-state index is -0.175. The topological polar surface area (TPSA) is 38.0 Å². The summed E-state index contributed by atoms with van der Waals surface area (Å²) in [5.74, 6) is -0.175. The highest BCUT2D eigenvalue weighted by Crippen LogP contribution is 2.14. The Bertz CT molecular complexity index is 286. The molecule has 13 heavy (non-hydrogen) atoms. The third-order valence-electron chi connectivity index (χ3n) is 1.92. The fourth-order valence-corrected chi connectivity index (χ4v) is 1.08. The van der Waals surface area contributed by atoms with Gasteiger partial charge in [-0.25, -0.2) is 4.39 Å². The summed E-state index contributed by atoms with van der Waals surface area (Å²) in [6, 6.07) is 5.17. The molecule has 3 N–H and O–H groups in total. The van der Waals surface area contributed by atoms with E-state index in [1.165, 1.54) is 6.07 Å². The Morgan fingerprint density at radius 2 is 2.23 bits per heavy atom. The molecule has 0 radical (unpaired) electrons. The second kappa shape index (κ2) is 4.23. The zero-order valence-corrected chi connectivity index (χ0v) is 7.97. The molecule has 72 valence electrons. The molecule has 1 unspecified atom stereocenters. The van der Waals surface area contributed by atoms with Crippen LogP contribution in [0.25, 0.3) is 0 Å². The van der Waals surface area contributed by atoms with Gasteiger partial charge in [0, 0.05) is 18.3 Å². The quantitative estimate of drug-likeness (QED) is 0.749. The number of anilines is 1. The van der Waals surface area contributed by atoms with Gasteiger partial charge in [-0.05, 0) is 37.6 Å². The Hall–Kier alpha value is -1.09. The summed E-state index contributed by atoms with van der Waals surface area (Å²) in [7, 11) is 0. The molecular weight excluding hydrogens is 167 g/mol. The van der Waals surface area contributed by atoms with Crippen LogP contribution >= 0.6 is 0 Å². The van der Waals surface area contributed by atoms with Crippen molar-refractivity contribution in [2.24, 2.45) is 5.73 Å². The van der Waals surface area contributed by atoms with Crippen LogP contribution in [0.15, 0.2) is 18.2 Å². The van der Waals surface area contributed by atoms with Gasteiger partial charge in [0.1, 0.15) is 5.82 Å². The average molecular weight is 182 g/mol. The maximum atomic E-state index is 12.9. The van der Waals surface area contributed by atoms with Crippen LogP contribution in [0.1, 0.15) is 12.5 Å². The molecule has 0 bridgehead atoms. The number of nitrogens with two attached hydrogens (primary N) is 1. The van der Waals surface area contributed by atoms with E-state index in [0.29, 0.717) is 12.1 Å². The average Bonchev–Trinajstić information content (AvgIpc) is 2.11. The van der Waals surface area contributed by atoms with Crippen LogP contribution in [0.4, 0.5) is 10.1 Å². The molecule has 0 heterocycles. The van der Waals surface area contributed by atoms with Crippen LogP contribution in [0.2, 0.25) is 0 Å². The van der Waals surface area contributed by atoms with Gasteiger partial charge in [0.15, 0.2) is 0 Å². The molecule has 0 saturated heterocycles. The largest absolute Gasteiger partial charge is 0.381 e. The Morgan fingerprint density at radius 1 is 1.54 bits per heavy atom.